The van der Waals surface area contributed by atoms with Gasteiger partial charge in [-0.3, -0.25) is 9.78 Å². The second-order valence-corrected chi connectivity index (χ2v) is 6.27. The number of likely N-dealkylation sites (N-methyl/N-ethyl adjacent to an activating group) is 1. The van der Waals surface area contributed by atoms with Crippen LogP contribution in [0.25, 0.3) is 0 Å². The van der Waals surface area contributed by atoms with E-state index in [-0.39, 0.29) is 12.0 Å². The van der Waals surface area contributed by atoms with Crippen LogP contribution >= 0.6 is 0 Å². The number of carbonyl (C=O) groups excluding carboxylic acids is 1. The molecule has 132 valence electrons. The molecular weight excluding hydrogens is 316 g/mol. The molecule has 3 rings (SSSR count). The molecule has 1 aromatic carbocycles. The Morgan fingerprint density at radius 1 is 1.32 bits per heavy atom. The Morgan fingerprint density at radius 2 is 2.24 bits per heavy atom. The van der Waals surface area contributed by atoms with E-state index >= 15 is 0 Å². The number of benzene rings is 1. The molecule has 5 heteroatoms. The maximum absolute atomic E-state index is 12.6. The number of hydrogen-bond acceptors (Lipinski definition) is 4. The van der Waals surface area contributed by atoms with E-state index in [1.807, 2.05) is 43.4 Å². The molecule has 5 nitrogen and oxygen atoms in total. The normalized spacial score (nSPS) is 16.6. The first-order chi connectivity index (χ1) is 12.2. The standard InChI is InChI=1S/C20H24N2O3/c1-22(12-10-17-7-2-3-11-21-17)20(23)16-6-4-8-18(14-16)25-15-19-9-5-13-24-19/h2-4,6-8,11,14,19H,5,9-10,12-13,15H2,1H3. The molecule has 1 fully saturated rings. The fraction of sp³-hybridized carbons (Fsp3) is 0.400. The van der Waals surface area contributed by atoms with Crippen LogP contribution < -0.4 is 4.74 Å². The fourth-order valence-corrected chi connectivity index (χ4v) is 2.83. The molecule has 2 heterocycles. The van der Waals surface area contributed by atoms with E-state index in [4.69, 9.17) is 9.47 Å². The predicted molar refractivity (Wildman–Crippen MR) is 95.8 cm³/mol. The summed E-state index contributed by atoms with van der Waals surface area (Å²) in [5.41, 5.74) is 1.61. The van der Waals surface area contributed by atoms with Crippen molar-refractivity contribution in [3.05, 3.63) is 59.9 Å². The van der Waals surface area contributed by atoms with Crippen LogP contribution in [0.3, 0.4) is 0 Å². The van der Waals surface area contributed by atoms with Gasteiger partial charge in [-0.25, -0.2) is 0 Å². The average Bonchev–Trinajstić information content (AvgIpc) is 3.18. The first kappa shape index (κ1) is 17.4. The summed E-state index contributed by atoms with van der Waals surface area (Å²) >= 11 is 0. The van der Waals surface area contributed by atoms with E-state index in [0.717, 1.165) is 31.6 Å². The third-order valence-electron chi connectivity index (χ3n) is 4.32. The second-order valence-electron chi connectivity index (χ2n) is 6.27. The van der Waals surface area contributed by atoms with Crippen molar-refractivity contribution in [2.45, 2.75) is 25.4 Å². The van der Waals surface area contributed by atoms with E-state index in [2.05, 4.69) is 4.98 Å². The molecule has 0 bridgehead atoms. The molecule has 0 radical (unpaired) electrons. The molecule has 1 atom stereocenters. The molecule has 0 aliphatic carbocycles. The van der Waals surface area contributed by atoms with Gasteiger partial charge in [-0.05, 0) is 43.2 Å². The van der Waals surface area contributed by atoms with E-state index < -0.39 is 0 Å². The first-order valence-electron chi connectivity index (χ1n) is 8.72. The van der Waals surface area contributed by atoms with Gasteiger partial charge in [0.25, 0.3) is 5.91 Å². The van der Waals surface area contributed by atoms with Crippen LogP contribution in [-0.4, -0.2) is 48.7 Å². The van der Waals surface area contributed by atoms with Crippen LogP contribution in [0.15, 0.2) is 48.7 Å². The summed E-state index contributed by atoms with van der Waals surface area (Å²) in [5, 5.41) is 0. The number of pyridine rings is 1. The highest BCUT2D eigenvalue weighted by Crippen LogP contribution is 2.18. The Balaban J connectivity index is 1.54. The summed E-state index contributed by atoms with van der Waals surface area (Å²) in [6.45, 7) is 1.97. The van der Waals surface area contributed by atoms with Crippen molar-refractivity contribution in [2.24, 2.45) is 0 Å². The van der Waals surface area contributed by atoms with Gasteiger partial charge in [0.1, 0.15) is 12.4 Å². The van der Waals surface area contributed by atoms with Gasteiger partial charge in [0, 0.05) is 44.1 Å². The van der Waals surface area contributed by atoms with Gasteiger partial charge >= 0.3 is 0 Å². The molecular formula is C20H24N2O3. The number of nitrogens with zero attached hydrogens (tertiary/aromatic N) is 2. The van der Waals surface area contributed by atoms with Gasteiger partial charge in [0.2, 0.25) is 0 Å². The molecule has 1 amide bonds. The number of rotatable bonds is 7. The highest BCUT2D eigenvalue weighted by atomic mass is 16.5. The highest BCUT2D eigenvalue weighted by Gasteiger charge is 2.17. The number of carbonyl (C=O) groups is 1. The van der Waals surface area contributed by atoms with Gasteiger partial charge in [0.15, 0.2) is 0 Å². The third kappa shape index (κ3) is 5.03. The van der Waals surface area contributed by atoms with Gasteiger partial charge in [0.05, 0.1) is 6.10 Å². The molecule has 0 spiro atoms. The van der Waals surface area contributed by atoms with Gasteiger partial charge in [-0.1, -0.05) is 12.1 Å². The minimum atomic E-state index is -0.0153. The van der Waals surface area contributed by atoms with Crippen LogP contribution in [-0.2, 0) is 11.2 Å². The summed E-state index contributed by atoms with van der Waals surface area (Å²) in [4.78, 5) is 18.6. The van der Waals surface area contributed by atoms with Crippen LogP contribution in [0, 0.1) is 0 Å². The zero-order chi connectivity index (χ0) is 17.5. The predicted octanol–water partition coefficient (Wildman–Crippen LogP) is 2.95. The van der Waals surface area contributed by atoms with E-state index in [0.29, 0.717) is 24.5 Å². The smallest absolute Gasteiger partial charge is 0.253 e. The summed E-state index contributed by atoms with van der Waals surface area (Å²) in [5.74, 6) is 0.693. The summed E-state index contributed by atoms with van der Waals surface area (Å²) in [6, 6.07) is 13.2. The maximum atomic E-state index is 12.6. The molecule has 1 saturated heterocycles. The Hall–Kier alpha value is -2.40. The van der Waals surface area contributed by atoms with Crippen molar-refractivity contribution in [1.29, 1.82) is 0 Å². The van der Waals surface area contributed by atoms with Crippen LogP contribution in [0.5, 0.6) is 5.75 Å². The third-order valence-corrected chi connectivity index (χ3v) is 4.32. The number of hydrogen-bond donors (Lipinski definition) is 0. The maximum Gasteiger partial charge on any atom is 0.253 e. The summed E-state index contributed by atoms with van der Waals surface area (Å²) in [7, 11) is 1.81. The Labute approximate surface area is 148 Å². The average molecular weight is 340 g/mol. The topological polar surface area (TPSA) is 51.7 Å². The zero-order valence-electron chi connectivity index (χ0n) is 14.6. The molecule has 0 N–H and O–H groups in total. The molecule has 1 aliphatic rings. The van der Waals surface area contributed by atoms with Crippen LogP contribution in [0.4, 0.5) is 0 Å². The highest BCUT2D eigenvalue weighted by molar-refractivity contribution is 5.94. The minimum Gasteiger partial charge on any atom is -0.491 e. The molecule has 1 unspecified atom stereocenters. The van der Waals surface area contributed by atoms with Crippen molar-refractivity contribution in [3.63, 3.8) is 0 Å². The quantitative estimate of drug-likeness (QED) is 0.778. The van der Waals surface area contributed by atoms with Crippen molar-refractivity contribution in [1.82, 2.24) is 9.88 Å². The van der Waals surface area contributed by atoms with Gasteiger partial charge < -0.3 is 14.4 Å². The Bertz CT molecular complexity index is 684. The van der Waals surface area contributed by atoms with Crippen molar-refractivity contribution < 1.29 is 14.3 Å². The number of ether oxygens (including phenoxy) is 2. The zero-order valence-corrected chi connectivity index (χ0v) is 14.6. The van der Waals surface area contributed by atoms with Crippen molar-refractivity contribution in [2.75, 3.05) is 26.8 Å². The molecule has 2 aromatic rings. The van der Waals surface area contributed by atoms with Gasteiger partial charge in [-0.15, -0.1) is 0 Å². The van der Waals surface area contributed by atoms with E-state index in [1.165, 1.54) is 0 Å². The van der Waals surface area contributed by atoms with Crippen molar-refractivity contribution >= 4 is 5.91 Å². The lowest BCUT2D eigenvalue weighted by Gasteiger charge is -2.18. The number of aromatic nitrogens is 1. The lowest BCUT2D eigenvalue weighted by atomic mass is 10.2. The lowest BCUT2D eigenvalue weighted by molar-refractivity contribution is 0.0678. The molecule has 0 saturated carbocycles. The number of amides is 1. The molecule has 25 heavy (non-hydrogen) atoms. The summed E-state index contributed by atoms with van der Waals surface area (Å²) in [6.07, 6.45) is 4.80. The largest absolute Gasteiger partial charge is 0.491 e. The summed E-state index contributed by atoms with van der Waals surface area (Å²) < 4.78 is 11.3. The van der Waals surface area contributed by atoms with Crippen molar-refractivity contribution in [3.8, 4) is 5.75 Å². The lowest BCUT2D eigenvalue weighted by Crippen LogP contribution is -2.29. The first-order valence-corrected chi connectivity index (χ1v) is 8.72. The van der Waals surface area contributed by atoms with E-state index in [1.54, 1.807) is 17.2 Å². The minimum absolute atomic E-state index is 0.0153. The molecule has 1 aromatic heterocycles. The fourth-order valence-electron chi connectivity index (χ4n) is 2.83. The Kier molecular flexibility index (Phi) is 6.01. The SMILES string of the molecule is CN(CCc1ccccn1)C(=O)c1cccc(OCC2CCCO2)c1. The van der Waals surface area contributed by atoms with Gasteiger partial charge in [-0.2, -0.15) is 0 Å². The molecule has 1 aliphatic heterocycles. The monoisotopic (exact) mass is 340 g/mol. The Morgan fingerprint density at radius 3 is 3.00 bits per heavy atom. The van der Waals surface area contributed by atoms with E-state index in [9.17, 15) is 4.79 Å². The van der Waals surface area contributed by atoms with Crippen LogP contribution in [0.2, 0.25) is 0 Å². The second kappa shape index (κ2) is 8.62. The van der Waals surface area contributed by atoms with Crippen LogP contribution in [0.1, 0.15) is 28.9 Å².